The van der Waals surface area contributed by atoms with Gasteiger partial charge >= 0.3 is 0 Å². The van der Waals surface area contributed by atoms with E-state index in [0.29, 0.717) is 6.42 Å². The van der Waals surface area contributed by atoms with Gasteiger partial charge in [0.05, 0.1) is 12.6 Å². The molecule has 0 aliphatic carbocycles. The quantitative estimate of drug-likeness (QED) is 0.840. The smallest absolute Gasteiger partial charge is 0.224 e. The molecule has 0 aromatic heterocycles. The third-order valence-electron chi connectivity index (χ3n) is 3.52. The highest BCUT2D eigenvalue weighted by molar-refractivity contribution is 7.99. The lowest BCUT2D eigenvalue weighted by atomic mass is 10.0. The number of amides is 1. The molecule has 1 aliphatic heterocycles. The Hall–Kier alpha value is -1.44. The van der Waals surface area contributed by atoms with Crippen LogP contribution in [0.5, 0.6) is 0 Å². The summed E-state index contributed by atoms with van der Waals surface area (Å²) in [5.74, 6) is 8.27. The number of carbonyl (C=O) groups excluding carboxylic acids is 1. The second-order valence-corrected chi connectivity index (χ2v) is 6.34. The van der Waals surface area contributed by atoms with E-state index in [9.17, 15) is 4.79 Å². The zero-order valence-corrected chi connectivity index (χ0v) is 13.1. The summed E-state index contributed by atoms with van der Waals surface area (Å²) in [5, 5.41) is 11.8. The summed E-state index contributed by atoms with van der Waals surface area (Å²) in [6, 6.07) is 7.88. The first-order valence-electron chi connectivity index (χ1n) is 7.28. The SMILES string of the molecule is CC(NC(=O)C1CCSC1)c1cccc(C#CCCO)c1. The molecule has 0 saturated carbocycles. The van der Waals surface area contributed by atoms with E-state index in [1.807, 2.05) is 43.0 Å². The molecule has 21 heavy (non-hydrogen) atoms. The van der Waals surface area contributed by atoms with Gasteiger partial charge in [0.25, 0.3) is 0 Å². The standard InChI is InChI=1S/C17H21NO2S/c1-13(18-17(20)16-8-10-21-12-16)15-7-4-6-14(11-15)5-2-3-9-19/h4,6-7,11,13,16,19H,3,8-10,12H2,1H3,(H,18,20). The van der Waals surface area contributed by atoms with Gasteiger partial charge in [0, 0.05) is 23.7 Å². The normalized spacial score (nSPS) is 18.7. The number of aliphatic hydroxyl groups is 1. The lowest BCUT2D eigenvalue weighted by Crippen LogP contribution is -2.32. The van der Waals surface area contributed by atoms with Crippen LogP contribution in [0.1, 0.15) is 36.9 Å². The summed E-state index contributed by atoms with van der Waals surface area (Å²) in [6.07, 6.45) is 1.46. The van der Waals surface area contributed by atoms with Crippen molar-refractivity contribution in [1.82, 2.24) is 5.32 Å². The van der Waals surface area contributed by atoms with Crippen molar-refractivity contribution in [3.05, 3.63) is 35.4 Å². The molecule has 1 heterocycles. The molecule has 1 aromatic rings. The van der Waals surface area contributed by atoms with Gasteiger partial charge < -0.3 is 10.4 Å². The van der Waals surface area contributed by atoms with Crippen molar-refractivity contribution >= 4 is 17.7 Å². The highest BCUT2D eigenvalue weighted by Crippen LogP contribution is 2.24. The molecule has 1 fully saturated rings. The molecule has 0 bridgehead atoms. The molecular weight excluding hydrogens is 282 g/mol. The van der Waals surface area contributed by atoms with E-state index in [2.05, 4.69) is 17.2 Å². The zero-order chi connectivity index (χ0) is 15.1. The molecule has 1 aromatic carbocycles. The maximum Gasteiger partial charge on any atom is 0.224 e. The van der Waals surface area contributed by atoms with Crippen molar-refractivity contribution in [3.8, 4) is 11.8 Å². The first kappa shape index (κ1) is 15.9. The Morgan fingerprint density at radius 3 is 3.14 bits per heavy atom. The number of hydrogen-bond acceptors (Lipinski definition) is 3. The topological polar surface area (TPSA) is 49.3 Å². The number of thioether (sulfide) groups is 1. The molecule has 0 radical (unpaired) electrons. The molecule has 1 saturated heterocycles. The fraction of sp³-hybridized carbons (Fsp3) is 0.471. The van der Waals surface area contributed by atoms with Crippen molar-refractivity contribution in [1.29, 1.82) is 0 Å². The third-order valence-corrected chi connectivity index (χ3v) is 4.68. The summed E-state index contributed by atoms with van der Waals surface area (Å²) in [4.78, 5) is 12.1. The highest BCUT2D eigenvalue weighted by Gasteiger charge is 2.24. The van der Waals surface area contributed by atoms with E-state index in [4.69, 9.17) is 5.11 Å². The van der Waals surface area contributed by atoms with Crippen LogP contribution in [0, 0.1) is 17.8 Å². The molecular formula is C17H21NO2S. The van der Waals surface area contributed by atoms with Crippen LogP contribution in [0.2, 0.25) is 0 Å². The van der Waals surface area contributed by atoms with Gasteiger partial charge in [-0.15, -0.1) is 0 Å². The van der Waals surface area contributed by atoms with Gasteiger partial charge in [0.15, 0.2) is 0 Å². The fourth-order valence-electron chi connectivity index (χ4n) is 2.26. The van der Waals surface area contributed by atoms with Crippen LogP contribution < -0.4 is 5.32 Å². The van der Waals surface area contributed by atoms with Crippen molar-refractivity contribution < 1.29 is 9.90 Å². The Labute approximate surface area is 130 Å². The van der Waals surface area contributed by atoms with Crippen LogP contribution in [-0.4, -0.2) is 29.1 Å². The summed E-state index contributed by atoms with van der Waals surface area (Å²) < 4.78 is 0. The van der Waals surface area contributed by atoms with Crippen LogP contribution in [0.15, 0.2) is 24.3 Å². The summed E-state index contributed by atoms with van der Waals surface area (Å²) in [7, 11) is 0. The van der Waals surface area contributed by atoms with Gasteiger partial charge in [-0.2, -0.15) is 11.8 Å². The second kappa shape index (κ2) is 8.11. The number of rotatable bonds is 4. The average Bonchev–Trinajstić information content (AvgIpc) is 3.02. The highest BCUT2D eigenvalue weighted by atomic mass is 32.2. The lowest BCUT2D eigenvalue weighted by Gasteiger charge is -2.17. The van der Waals surface area contributed by atoms with Crippen molar-refractivity contribution in [2.24, 2.45) is 5.92 Å². The van der Waals surface area contributed by atoms with Crippen LogP contribution in [0.4, 0.5) is 0 Å². The van der Waals surface area contributed by atoms with Gasteiger partial charge in [-0.3, -0.25) is 4.79 Å². The van der Waals surface area contributed by atoms with Crippen LogP contribution >= 0.6 is 11.8 Å². The first-order chi connectivity index (χ1) is 10.2. The predicted octanol–water partition coefficient (Wildman–Crippen LogP) is 2.35. The summed E-state index contributed by atoms with van der Waals surface area (Å²) >= 11 is 1.85. The first-order valence-corrected chi connectivity index (χ1v) is 8.44. The van der Waals surface area contributed by atoms with Crippen molar-refractivity contribution in [3.63, 3.8) is 0 Å². The van der Waals surface area contributed by atoms with Gasteiger partial charge in [0.1, 0.15) is 0 Å². The summed E-state index contributed by atoms with van der Waals surface area (Å²) in [6.45, 7) is 2.08. The van der Waals surface area contributed by atoms with Gasteiger partial charge in [0.2, 0.25) is 5.91 Å². The number of hydrogen-bond donors (Lipinski definition) is 2. The number of nitrogens with one attached hydrogen (secondary N) is 1. The van der Waals surface area contributed by atoms with E-state index in [0.717, 1.165) is 29.1 Å². The van der Waals surface area contributed by atoms with E-state index >= 15 is 0 Å². The number of benzene rings is 1. The van der Waals surface area contributed by atoms with Gasteiger partial charge in [-0.1, -0.05) is 24.0 Å². The second-order valence-electron chi connectivity index (χ2n) is 5.19. The van der Waals surface area contributed by atoms with Crippen LogP contribution in [0.3, 0.4) is 0 Å². The molecule has 2 unspecified atom stereocenters. The summed E-state index contributed by atoms with van der Waals surface area (Å²) in [5.41, 5.74) is 1.98. The molecule has 1 aliphatic rings. The van der Waals surface area contributed by atoms with Crippen LogP contribution in [-0.2, 0) is 4.79 Å². The molecule has 112 valence electrons. The average molecular weight is 303 g/mol. The Morgan fingerprint density at radius 2 is 2.43 bits per heavy atom. The maximum absolute atomic E-state index is 12.1. The monoisotopic (exact) mass is 303 g/mol. The third kappa shape index (κ3) is 4.80. The van der Waals surface area contributed by atoms with E-state index in [-0.39, 0.29) is 24.5 Å². The Bertz CT molecular complexity index is 541. The fourth-order valence-corrected chi connectivity index (χ4v) is 3.48. The Balaban J connectivity index is 1.98. The van der Waals surface area contributed by atoms with E-state index in [1.165, 1.54) is 0 Å². The molecule has 0 spiro atoms. The van der Waals surface area contributed by atoms with E-state index < -0.39 is 0 Å². The molecule has 4 heteroatoms. The lowest BCUT2D eigenvalue weighted by molar-refractivity contribution is -0.124. The number of carbonyl (C=O) groups is 1. The Kier molecular flexibility index (Phi) is 6.16. The van der Waals surface area contributed by atoms with E-state index in [1.54, 1.807) is 0 Å². The minimum absolute atomic E-state index is 0.0114. The van der Waals surface area contributed by atoms with Gasteiger partial charge in [-0.25, -0.2) is 0 Å². The minimum Gasteiger partial charge on any atom is -0.395 e. The molecule has 2 atom stereocenters. The predicted molar refractivity (Wildman–Crippen MR) is 87.0 cm³/mol. The molecule has 2 rings (SSSR count). The zero-order valence-electron chi connectivity index (χ0n) is 12.3. The van der Waals surface area contributed by atoms with Crippen molar-refractivity contribution in [2.45, 2.75) is 25.8 Å². The van der Waals surface area contributed by atoms with Gasteiger partial charge in [-0.05, 0) is 36.8 Å². The molecule has 2 N–H and O–H groups in total. The van der Waals surface area contributed by atoms with Crippen LogP contribution in [0.25, 0.3) is 0 Å². The molecule has 1 amide bonds. The Morgan fingerprint density at radius 1 is 1.57 bits per heavy atom. The minimum atomic E-state index is -0.0114. The molecule has 3 nitrogen and oxygen atoms in total. The maximum atomic E-state index is 12.1. The van der Waals surface area contributed by atoms with Crippen molar-refractivity contribution in [2.75, 3.05) is 18.1 Å². The largest absolute Gasteiger partial charge is 0.395 e. The number of aliphatic hydroxyl groups excluding tert-OH is 1.